The Balaban J connectivity index is 1.73. The number of rotatable bonds is 6. The minimum Gasteiger partial charge on any atom is -0.389 e. The fourth-order valence-electron chi connectivity index (χ4n) is 2.64. The van der Waals surface area contributed by atoms with Crippen LogP contribution in [-0.4, -0.2) is 37.5 Å². The average molecular weight is 249 g/mol. The first-order valence-electron chi connectivity index (χ1n) is 6.66. The molecule has 0 aromatic heterocycles. The molecule has 1 fully saturated rings. The lowest BCUT2D eigenvalue weighted by Gasteiger charge is -2.37. The van der Waals surface area contributed by atoms with Gasteiger partial charge >= 0.3 is 0 Å². The van der Waals surface area contributed by atoms with Gasteiger partial charge in [-0.2, -0.15) is 0 Å². The van der Waals surface area contributed by atoms with Crippen LogP contribution in [0.1, 0.15) is 29.9 Å². The number of hydrogen-bond acceptors (Lipinski definition) is 3. The van der Waals surface area contributed by atoms with E-state index in [-0.39, 0.29) is 0 Å². The first-order valence-corrected chi connectivity index (χ1v) is 6.66. The molecule has 1 aliphatic rings. The molecule has 0 bridgehead atoms. The molecule has 2 rings (SSSR count). The number of methoxy groups -OCH3 is 1. The molecule has 100 valence electrons. The normalized spacial score (nSPS) is 24.6. The van der Waals surface area contributed by atoms with Crippen molar-refractivity contribution in [1.82, 2.24) is 5.32 Å². The summed E-state index contributed by atoms with van der Waals surface area (Å²) in [7, 11) is 1.61. The largest absolute Gasteiger partial charge is 0.389 e. The zero-order chi connectivity index (χ0) is 13.0. The number of aliphatic hydroxyl groups excluding tert-OH is 1. The van der Waals surface area contributed by atoms with Crippen molar-refractivity contribution in [2.24, 2.45) is 0 Å². The Labute approximate surface area is 109 Å². The van der Waals surface area contributed by atoms with E-state index >= 15 is 0 Å². The third kappa shape index (κ3) is 3.31. The molecule has 1 aliphatic carbocycles. The summed E-state index contributed by atoms with van der Waals surface area (Å²) >= 11 is 0. The van der Waals surface area contributed by atoms with E-state index in [1.807, 2.05) is 0 Å². The molecule has 2 N–H and O–H groups in total. The zero-order valence-electron chi connectivity index (χ0n) is 11.2. The third-order valence-corrected chi connectivity index (χ3v) is 3.77. The van der Waals surface area contributed by atoms with Crippen molar-refractivity contribution in [2.75, 3.05) is 20.3 Å². The van der Waals surface area contributed by atoms with Crippen molar-refractivity contribution in [2.45, 2.75) is 37.8 Å². The lowest BCUT2D eigenvalue weighted by Crippen LogP contribution is -2.44. The number of benzene rings is 1. The first-order chi connectivity index (χ1) is 8.70. The molecular weight excluding hydrogens is 226 g/mol. The van der Waals surface area contributed by atoms with Crippen LogP contribution in [0.3, 0.4) is 0 Å². The highest BCUT2D eigenvalue weighted by molar-refractivity contribution is 5.31. The molecule has 0 amide bonds. The monoisotopic (exact) mass is 249 g/mol. The average Bonchev–Trinajstić information content (AvgIpc) is 2.29. The SMILES string of the molecule is COCC(O)CNC1CC(c2ccccc2C)C1. The van der Waals surface area contributed by atoms with Gasteiger partial charge in [-0.1, -0.05) is 24.3 Å². The molecule has 1 aromatic carbocycles. The molecule has 0 spiro atoms. The van der Waals surface area contributed by atoms with Crippen molar-refractivity contribution in [1.29, 1.82) is 0 Å². The number of hydrogen-bond donors (Lipinski definition) is 2. The highest BCUT2D eigenvalue weighted by atomic mass is 16.5. The van der Waals surface area contributed by atoms with Gasteiger partial charge in [0.1, 0.15) is 0 Å². The fourth-order valence-corrected chi connectivity index (χ4v) is 2.64. The van der Waals surface area contributed by atoms with Gasteiger partial charge in [-0.05, 0) is 36.8 Å². The van der Waals surface area contributed by atoms with Gasteiger partial charge in [-0.25, -0.2) is 0 Å². The summed E-state index contributed by atoms with van der Waals surface area (Å²) in [6.07, 6.45) is 1.95. The highest BCUT2D eigenvalue weighted by Crippen LogP contribution is 2.38. The van der Waals surface area contributed by atoms with Crippen molar-refractivity contribution < 1.29 is 9.84 Å². The van der Waals surface area contributed by atoms with Crippen molar-refractivity contribution in [3.05, 3.63) is 35.4 Å². The third-order valence-electron chi connectivity index (χ3n) is 3.77. The van der Waals surface area contributed by atoms with Gasteiger partial charge in [0.15, 0.2) is 0 Å². The summed E-state index contributed by atoms with van der Waals surface area (Å²) in [6.45, 7) is 3.21. The van der Waals surface area contributed by atoms with Crippen LogP contribution >= 0.6 is 0 Å². The lowest BCUT2D eigenvalue weighted by molar-refractivity contribution is 0.0597. The Bertz CT molecular complexity index is 375. The smallest absolute Gasteiger partial charge is 0.0897 e. The topological polar surface area (TPSA) is 41.5 Å². The van der Waals surface area contributed by atoms with Gasteiger partial charge in [-0.15, -0.1) is 0 Å². The molecule has 1 atom stereocenters. The van der Waals surface area contributed by atoms with Crippen molar-refractivity contribution >= 4 is 0 Å². The molecule has 0 radical (unpaired) electrons. The Morgan fingerprint density at radius 2 is 2.11 bits per heavy atom. The Morgan fingerprint density at radius 1 is 1.39 bits per heavy atom. The van der Waals surface area contributed by atoms with Gasteiger partial charge in [0.2, 0.25) is 0 Å². The van der Waals surface area contributed by atoms with E-state index in [0.29, 0.717) is 25.1 Å². The quantitative estimate of drug-likeness (QED) is 0.808. The summed E-state index contributed by atoms with van der Waals surface area (Å²) in [6, 6.07) is 9.16. The zero-order valence-corrected chi connectivity index (χ0v) is 11.2. The molecule has 0 saturated heterocycles. The van der Waals surface area contributed by atoms with E-state index in [1.54, 1.807) is 7.11 Å². The van der Waals surface area contributed by atoms with Crippen molar-refractivity contribution in [3.8, 4) is 0 Å². The molecule has 0 heterocycles. The summed E-state index contributed by atoms with van der Waals surface area (Å²) in [5, 5.41) is 13.0. The number of nitrogens with one attached hydrogen (secondary N) is 1. The predicted molar refractivity (Wildman–Crippen MR) is 72.8 cm³/mol. The predicted octanol–water partition coefficient (Wildman–Crippen LogP) is 1.84. The highest BCUT2D eigenvalue weighted by Gasteiger charge is 2.30. The van der Waals surface area contributed by atoms with Crippen LogP contribution in [0.2, 0.25) is 0 Å². The number of aryl methyl sites for hydroxylation is 1. The van der Waals surface area contributed by atoms with Crippen LogP contribution in [0.5, 0.6) is 0 Å². The van der Waals surface area contributed by atoms with Gasteiger partial charge in [-0.3, -0.25) is 0 Å². The minimum absolute atomic E-state index is 0.396. The molecule has 18 heavy (non-hydrogen) atoms. The van der Waals surface area contributed by atoms with Gasteiger partial charge in [0, 0.05) is 19.7 Å². The standard InChI is InChI=1S/C15H23NO2/c1-11-5-3-4-6-15(11)12-7-13(8-12)16-9-14(17)10-18-2/h3-6,12-14,16-17H,7-10H2,1-2H3. The van der Waals surface area contributed by atoms with Crippen LogP contribution in [0.25, 0.3) is 0 Å². The van der Waals surface area contributed by atoms with Crippen molar-refractivity contribution in [3.63, 3.8) is 0 Å². The van der Waals surface area contributed by atoms with Gasteiger partial charge < -0.3 is 15.2 Å². The van der Waals surface area contributed by atoms with Crippen LogP contribution in [-0.2, 0) is 4.74 Å². The summed E-state index contributed by atoms with van der Waals surface area (Å²) in [5.41, 5.74) is 2.87. The summed E-state index contributed by atoms with van der Waals surface area (Å²) in [4.78, 5) is 0. The molecule has 1 aromatic rings. The maximum absolute atomic E-state index is 9.56. The molecule has 3 heteroatoms. The Hall–Kier alpha value is -0.900. The van der Waals surface area contributed by atoms with Crippen LogP contribution in [0.4, 0.5) is 0 Å². The molecule has 1 saturated carbocycles. The van der Waals surface area contributed by atoms with Crippen LogP contribution < -0.4 is 5.32 Å². The van der Waals surface area contributed by atoms with E-state index in [0.717, 1.165) is 0 Å². The maximum atomic E-state index is 9.56. The maximum Gasteiger partial charge on any atom is 0.0897 e. The van der Waals surface area contributed by atoms with E-state index < -0.39 is 6.10 Å². The molecule has 0 aliphatic heterocycles. The number of ether oxygens (including phenoxy) is 1. The summed E-state index contributed by atoms with van der Waals surface area (Å²) < 4.78 is 4.90. The van der Waals surface area contributed by atoms with Gasteiger partial charge in [0.05, 0.1) is 12.7 Å². The summed E-state index contributed by atoms with van der Waals surface area (Å²) in [5.74, 6) is 0.684. The van der Waals surface area contributed by atoms with Crippen LogP contribution in [0, 0.1) is 6.92 Å². The first kappa shape index (κ1) is 13.5. The second kappa shape index (κ2) is 6.32. The minimum atomic E-state index is -0.396. The fraction of sp³-hybridized carbons (Fsp3) is 0.600. The second-order valence-electron chi connectivity index (χ2n) is 5.24. The van der Waals surface area contributed by atoms with Crippen LogP contribution in [0.15, 0.2) is 24.3 Å². The Morgan fingerprint density at radius 3 is 2.78 bits per heavy atom. The molecule has 1 unspecified atom stereocenters. The number of aliphatic hydroxyl groups is 1. The van der Waals surface area contributed by atoms with Gasteiger partial charge in [0.25, 0.3) is 0 Å². The van der Waals surface area contributed by atoms with E-state index in [1.165, 1.54) is 24.0 Å². The van der Waals surface area contributed by atoms with E-state index in [2.05, 4.69) is 36.5 Å². The van der Waals surface area contributed by atoms with E-state index in [4.69, 9.17) is 4.74 Å². The Kier molecular flexibility index (Phi) is 4.75. The van der Waals surface area contributed by atoms with E-state index in [9.17, 15) is 5.11 Å². The molecule has 3 nitrogen and oxygen atoms in total. The lowest BCUT2D eigenvalue weighted by atomic mass is 9.74. The molecular formula is C15H23NO2. The second-order valence-corrected chi connectivity index (χ2v) is 5.24.